The van der Waals surface area contributed by atoms with Gasteiger partial charge in [-0.25, -0.2) is 0 Å². The van der Waals surface area contributed by atoms with E-state index in [1.54, 1.807) is 0 Å². The summed E-state index contributed by atoms with van der Waals surface area (Å²) in [5.74, 6) is 0.0612. The van der Waals surface area contributed by atoms with Crippen LogP contribution in [0.25, 0.3) is 0 Å². The molecular formula is C37H35NO2. The molecule has 0 radical (unpaired) electrons. The van der Waals surface area contributed by atoms with Crippen molar-refractivity contribution in [3.8, 4) is 0 Å². The first-order valence-corrected chi connectivity index (χ1v) is 14.1. The minimum absolute atomic E-state index is 0.0612. The second-order valence-electron chi connectivity index (χ2n) is 10.6. The highest BCUT2D eigenvalue weighted by molar-refractivity contribution is 5.47. The summed E-state index contributed by atoms with van der Waals surface area (Å²) in [5, 5.41) is 11.7. The lowest BCUT2D eigenvalue weighted by molar-refractivity contribution is -0.114. The van der Waals surface area contributed by atoms with Gasteiger partial charge in [0.25, 0.3) is 0 Å². The van der Waals surface area contributed by atoms with Crippen molar-refractivity contribution in [1.29, 1.82) is 0 Å². The van der Waals surface area contributed by atoms with Gasteiger partial charge in [0.15, 0.2) is 0 Å². The number of aliphatic hydroxyl groups is 1. The molecule has 1 aliphatic heterocycles. The summed E-state index contributed by atoms with van der Waals surface area (Å²) in [5.41, 5.74) is 4.79. The van der Waals surface area contributed by atoms with Crippen LogP contribution in [0, 0.1) is 5.92 Å². The van der Waals surface area contributed by atoms with Crippen LogP contribution in [0.15, 0.2) is 152 Å². The van der Waals surface area contributed by atoms with E-state index in [-0.39, 0.29) is 18.6 Å². The van der Waals surface area contributed by atoms with Crippen LogP contribution in [0.2, 0.25) is 0 Å². The summed E-state index contributed by atoms with van der Waals surface area (Å²) in [4.78, 5) is 2.46. The summed E-state index contributed by atoms with van der Waals surface area (Å²) in [7, 11) is 0. The lowest BCUT2D eigenvalue weighted by Gasteiger charge is -2.51. The van der Waals surface area contributed by atoms with Crippen LogP contribution in [0.3, 0.4) is 0 Å². The number of aliphatic hydroxyl groups excluding tert-OH is 1. The monoisotopic (exact) mass is 525 g/mol. The molecule has 3 heteroatoms. The van der Waals surface area contributed by atoms with Crippen molar-refractivity contribution >= 4 is 0 Å². The number of rotatable bonds is 10. The van der Waals surface area contributed by atoms with Crippen molar-refractivity contribution in [1.82, 2.24) is 4.90 Å². The molecule has 0 amide bonds. The van der Waals surface area contributed by atoms with Gasteiger partial charge >= 0.3 is 0 Å². The van der Waals surface area contributed by atoms with Crippen molar-refractivity contribution in [3.05, 3.63) is 179 Å². The Balaban J connectivity index is 1.31. The summed E-state index contributed by atoms with van der Waals surface area (Å²) < 4.78 is 6.98. The largest absolute Gasteiger partial charge is 0.390 e. The molecule has 1 saturated heterocycles. The molecule has 0 aliphatic carbocycles. The van der Waals surface area contributed by atoms with Gasteiger partial charge in [0.05, 0.1) is 12.7 Å². The first-order chi connectivity index (χ1) is 19.8. The molecule has 5 aromatic carbocycles. The zero-order chi connectivity index (χ0) is 27.2. The topological polar surface area (TPSA) is 32.7 Å². The number of hydrogen-bond donors (Lipinski definition) is 1. The molecule has 1 unspecified atom stereocenters. The molecule has 3 atom stereocenters. The molecule has 40 heavy (non-hydrogen) atoms. The second-order valence-corrected chi connectivity index (χ2v) is 10.6. The van der Waals surface area contributed by atoms with Crippen molar-refractivity contribution in [2.75, 3.05) is 13.2 Å². The van der Waals surface area contributed by atoms with E-state index in [9.17, 15) is 5.11 Å². The third-order valence-electron chi connectivity index (χ3n) is 8.12. The van der Waals surface area contributed by atoms with E-state index in [0.29, 0.717) is 0 Å². The molecule has 6 rings (SSSR count). The van der Waals surface area contributed by atoms with Crippen LogP contribution in [-0.2, 0) is 16.9 Å². The molecule has 1 fully saturated rings. The molecule has 0 bridgehead atoms. The minimum atomic E-state index is -0.847. The number of likely N-dealkylation sites (tertiary alicyclic amines) is 1. The quantitative estimate of drug-likeness (QED) is 0.195. The molecule has 1 aliphatic rings. The molecular weight excluding hydrogens is 490 g/mol. The van der Waals surface area contributed by atoms with E-state index >= 15 is 0 Å². The summed E-state index contributed by atoms with van der Waals surface area (Å²) in [6.07, 6.45) is -0.632. The molecule has 200 valence electrons. The Bertz CT molecular complexity index is 1360. The van der Waals surface area contributed by atoms with Gasteiger partial charge in [-0.05, 0) is 27.8 Å². The predicted octanol–water partition coefficient (Wildman–Crippen LogP) is 7.23. The van der Waals surface area contributed by atoms with Gasteiger partial charge in [0.2, 0.25) is 0 Å². The van der Waals surface area contributed by atoms with Gasteiger partial charge in [0.1, 0.15) is 5.60 Å². The molecule has 0 aromatic heterocycles. The van der Waals surface area contributed by atoms with E-state index in [2.05, 4.69) is 132 Å². The van der Waals surface area contributed by atoms with E-state index in [4.69, 9.17) is 4.74 Å². The highest BCUT2D eigenvalue weighted by atomic mass is 16.5. The lowest BCUT2D eigenvalue weighted by atomic mass is 9.78. The smallest absolute Gasteiger partial charge is 0.143 e. The molecule has 0 saturated carbocycles. The van der Waals surface area contributed by atoms with Crippen LogP contribution in [-0.4, -0.2) is 29.3 Å². The SMILES string of the molecule is OC(COC(c1ccccc1)(c1ccccc1)c1ccccc1)[C@@H]1CN(Cc2ccccc2)[C@H]1c1ccccc1. The maximum Gasteiger partial charge on any atom is 0.143 e. The Morgan fingerprint density at radius 1 is 0.625 bits per heavy atom. The van der Waals surface area contributed by atoms with E-state index in [1.807, 2.05) is 24.3 Å². The first-order valence-electron chi connectivity index (χ1n) is 14.1. The van der Waals surface area contributed by atoms with E-state index in [0.717, 1.165) is 29.8 Å². The predicted molar refractivity (Wildman–Crippen MR) is 161 cm³/mol. The van der Waals surface area contributed by atoms with Gasteiger partial charge < -0.3 is 9.84 Å². The third kappa shape index (κ3) is 5.24. The molecule has 1 heterocycles. The van der Waals surface area contributed by atoms with Gasteiger partial charge in [-0.2, -0.15) is 0 Å². The average molecular weight is 526 g/mol. The minimum Gasteiger partial charge on any atom is -0.390 e. The van der Waals surface area contributed by atoms with Gasteiger partial charge in [-0.15, -0.1) is 0 Å². The second kappa shape index (κ2) is 12.0. The lowest BCUT2D eigenvalue weighted by Crippen LogP contribution is -2.55. The summed E-state index contributed by atoms with van der Waals surface area (Å²) in [6.45, 7) is 1.88. The normalized spacial score (nSPS) is 18.1. The van der Waals surface area contributed by atoms with Crippen LogP contribution in [0.5, 0.6) is 0 Å². The van der Waals surface area contributed by atoms with E-state index in [1.165, 1.54) is 11.1 Å². The number of ether oxygens (including phenoxy) is 1. The Morgan fingerprint density at radius 3 is 1.52 bits per heavy atom. The maximum atomic E-state index is 11.7. The molecule has 3 nitrogen and oxygen atoms in total. The Kier molecular flexibility index (Phi) is 7.87. The number of nitrogens with zero attached hydrogens (tertiary/aromatic N) is 1. The van der Waals surface area contributed by atoms with Gasteiger partial charge in [-0.3, -0.25) is 4.90 Å². The zero-order valence-electron chi connectivity index (χ0n) is 22.6. The van der Waals surface area contributed by atoms with Crippen LogP contribution < -0.4 is 0 Å². The van der Waals surface area contributed by atoms with Crippen LogP contribution >= 0.6 is 0 Å². The van der Waals surface area contributed by atoms with Gasteiger partial charge in [0, 0.05) is 25.0 Å². The number of benzene rings is 5. The maximum absolute atomic E-state index is 11.7. The summed E-state index contributed by atoms with van der Waals surface area (Å²) >= 11 is 0. The van der Waals surface area contributed by atoms with Crippen LogP contribution in [0.1, 0.15) is 33.9 Å². The van der Waals surface area contributed by atoms with E-state index < -0.39 is 11.7 Å². The fourth-order valence-electron chi connectivity index (χ4n) is 6.14. The Labute approximate surface area is 237 Å². The van der Waals surface area contributed by atoms with Crippen molar-refractivity contribution in [2.24, 2.45) is 5.92 Å². The fourth-order valence-corrected chi connectivity index (χ4v) is 6.14. The first kappa shape index (κ1) is 26.2. The number of hydrogen-bond acceptors (Lipinski definition) is 3. The van der Waals surface area contributed by atoms with Crippen LogP contribution in [0.4, 0.5) is 0 Å². The van der Waals surface area contributed by atoms with Crippen molar-refractivity contribution in [2.45, 2.75) is 24.3 Å². The van der Waals surface area contributed by atoms with Crippen molar-refractivity contribution < 1.29 is 9.84 Å². The van der Waals surface area contributed by atoms with Gasteiger partial charge in [-0.1, -0.05) is 152 Å². The fraction of sp³-hybridized carbons (Fsp3) is 0.189. The standard InChI is InChI=1S/C37H35NO2/c39-35(34-27-38(26-29-16-6-1-7-17-29)36(34)30-18-8-2-9-19-30)28-40-37(31-20-10-3-11-21-31,32-22-12-4-13-23-32)33-24-14-5-15-25-33/h1-25,34-36,39H,26-28H2/t34-,35?,36-/m0/s1. The Hall–Kier alpha value is -4.02. The Morgan fingerprint density at radius 2 is 1.05 bits per heavy atom. The molecule has 1 N–H and O–H groups in total. The highest BCUT2D eigenvalue weighted by Crippen LogP contribution is 2.44. The molecule has 0 spiro atoms. The zero-order valence-corrected chi connectivity index (χ0v) is 22.6. The van der Waals surface area contributed by atoms with Crippen molar-refractivity contribution in [3.63, 3.8) is 0 Å². The summed E-state index contributed by atoms with van der Waals surface area (Å²) in [6, 6.07) is 52.3. The third-order valence-corrected chi connectivity index (χ3v) is 8.12. The average Bonchev–Trinajstić information content (AvgIpc) is 3.02. The molecule has 5 aromatic rings. The highest BCUT2D eigenvalue weighted by Gasteiger charge is 2.45.